The molecule has 1 fully saturated rings. The molecule has 4 aromatic rings. The van der Waals surface area contributed by atoms with Crippen molar-refractivity contribution in [3.63, 3.8) is 0 Å². The van der Waals surface area contributed by atoms with E-state index in [2.05, 4.69) is 5.32 Å². The van der Waals surface area contributed by atoms with Gasteiger partial charge in [0.2, 0.25) is 10.0 Å². The maximum Gasteiger partial charge on any atom is 0.264 e. The molecule has 8 nitrogen and oxygen atoms in total. The number of hydrogen-bond acceptors (Lipinski definition) is 5. The second-order valence-corrected chi connectivity index (χ2v) is 15.0. The molecular formula is C33H34ClN3O5S2. The number of para-hydroxylation sites is 1. The fourth-order valence-electron chi connectivity index (χ4n) is 5.12. The summed E-state index contributed by atoms with van der Waals surface area (Å²) in [5.74, 6) is -0.538. The molecule has 0 bridgehead atoms. The molecule has 1 aliphatic heterocycles. The number of benzene rings is 4. The maximum absolute atomic E-state index is 14.0. The predicted octanol–water partition coefficient (Wildman–Crippen LogP) is 6.86. The predicted molar refractivity (Wildman–Crippen MR) is 174 cm³/mol. The topological polar surface area (TPSA) is 104 Å². The summed E-state index contributed by atoms with van der Waals surface area (Å²) in [7, 11) is -7.73. The number of sulfonamides is 2. The number of nitrogens with one attached hydrogen (secondary N) is 1. The lowest BCUT2D eigenvalue weighted by atomic mass is 10.1. The van der Waals surface area contributed by atoms with Gasteiger partial charge in [0.25, 0.3) is 15.9 Å². The normalized spacial score (nSPS) is 14.5. The third-order valence-electron chi connectivity index (χ3n) is 7.58. The van der Waals surface area contributed by atoms with Crippen LogP contribution < -0.4 is 9.62 Å². The molecule has 0 saturated carbocycles. The van der Waals surface area contributed by atoms with Gasteiger partial charge in [-0.05, 0) is 86.0 Å². The summed E-state index contributed by atoms with van der Waals surface area (Å²) in [6.07, 6.45) is 3.70. The van der Waals surface area contributed by atoms with Crippen molar-refractivity contribution >= 4 is 48.9 Å². The van der Waals surface area contributed by atoms with E-state index in [4.69, 9.17) is 11.6 Å². The van der Waals surface area contributed by atoms with Gasteiger partial charge in [-0.3, -0.25) is 9.10 Å². The van der Waals surface area contributed by atoms with Crippen molar-refractivity contribution in [2.75, 3.05) is 22.7 Å². The monoisotopic (exact) mass is 651 g/mol. The van der Waals surface area contributed by atoms with Gasteiger partial charge in [-0.15, -0.1) is 0 Å². The first kappa shape index (κ1) is 31.7. The van der Waals surface area contributed by atoms with Crippen molar-refractivity contribution in [3.05, 3.63) is 119 Å². The molecule has 0 atom stereocenters. The van der Waals surface area contributed by atoms with E-state index in [0.717, 1.165) is 31.2 Å². The highest BCUT2D eigenvalue weighted by molar-refractivity contribution is 7.92. The molecule has 4 aromatic carbocycles. The lowest BCUT2D eigenvalue weighted by Crippen LogP contribution is -2.32. The summed E-state index contributed by atoms with van der Waals surface area (Å²) in [6.45, 7) is 2.82. The Morgan fingerprint density at radius 3 is 2.00 bits per heavy atom. The van der Waals surface area contributed by atoms with Crippen molar-refractivity contribution in [1.82, 2.24) is 4.31 Å². The lowest BCUT2D eigenvalue weighted by molar-refractivity contribution is 0.102. The quantitative estimate of drug-likeness (QED) is 0.213. The van der Waals surface area contributed by atoms with Crippen molar-refractivity contribution in [2.45, 2.75) is 48.9 Å². The van der Waals surface area contributed by atoms with E-state index in [1.54, 1.807) is 84.9 Å². The summed E-state index contributed by atoms with van der Waals surface area (Å²) in [6, 6.07) is 25.9. The van der Waals surface area contributed by atoms with Crippen LogP contribution in [0, 0.1) is 6.92 Å². The standard InChI is InChI=1S/C33H34ClN3O5S2/c1-25-10-18-30(19-11-25)44(41,42)37(24-26-12-14-27(34)15-13-26)32-9-5-4-8-31(32)33(38)35-28-16-20-29(21-17-28)43(39,40)36-22-6-2-3-7-23-36/h4-5,8-21H,2-3,6-7,22-24H2,1H3,(H,35,38). The summed E-state index contributed by atoms with van der Waals surface area (Å²) >= 11 is 6.07. The smallest absolute Gasteiger partial charge is 0.264 e. The largest absolute Gasteiger partial charge is 0.322 e. The highest BCUT2D eigenvalue weighted by atomic mass is 35.5. The zero-order chi connectivity index (χ0) is 31.3. The van der Waals surface area contributed by atoms with E-state index >= 15 is 0 Å². The molecule has 1 aliphatic rings. The molecule has 0 spiro atoms. The van der Waals surface area contributed by atoms with Crippen LogP contribution in [0.4, 0.5) is 11.4 Å². The van der Waals surface area contributed by atoms with Gasteiger partial charge in [0, 0.05) is 23.8 Å². The summed E-state index contributed by atoms with van der Waals surface area (Å²) in [5.41, 5.74) is 2.31. The van der Waals surface area contributed by atoms with Crippen LogP contribution in [-0.2, 0) is 26.6 Å². The van der Waals surface area contributed by atoms with E-state index < -0.39 is 26.0 Å². The number of rotatable bonds is 9. The highest BCUT2D eigenvalue weighted by Gasteiger charge is 2.29. The second kappa shape index (κ2) is 13.5. The Labute approximate surface area is 264 Å². The van der Waals surface area contributed by atoms with Crippen LogP contribution in [0.3, 0.4) is 0 Å². The fraction of sp³-hybridized carbons (Fsp3) is 0.242. The SMILES string of the molecule is Cc1ccc(S(=O)(=O)N(Cc2ccc(Cl)cc2)c2ccccc2C(=O)Nc2ccc(S(=O)(=O)N3CCCCCC3)cc2)cc1. The van der Waals surface area contributed by atoms with Gasteiger partial charge in [-0.25, -0.2) is 16.8 Å². The first-order valence-electron chi connectivity index (χ1n) is 14.4. The van der Waals surface area contributed by atoms with Gasteiger partial charge in [-0.1, -0.05) is 66.4 Å². The molecule has 44 heavy (non-hydrogen) atoms. The van der Waals surface area contributed by atoms with Gasteiger partial charge in [0.15, 0.2) is 0 Å². The minimum atomic E-state index is -4.09. The van der Waals surface area contributed by atoms with Crippen molar-refractivity contribution in [3.8, 4) is 0 Å². The minimum absolute atomic E-state index is 0.0409. The molecule has 1 amide bonds. The van der Waals surface area contributed by atoms with Crippen LogP contribution in [0.1, 0.15) is 47.2 Å². The van der Waals surface area contributed by atoms with Crippen LogP contribution in [0.15, 0.2) is 107 Å². The molecule has 0 aliphatic carbocycles. The van der Waals surface area contributed by atoms with E-state index in [1.807, 2.05) is 6.92 Å². The Bertz CT molecular complexity index is 1820. The molecule has 1 heterocycles. The maximum atomic E-state index is 14.0. The van der Waals surface area contributed by atoms with Gasteiger partial charge < -0.3 is 5.32 Å². The number of aryl methyl sites for hydroxylation is 1. The molecule has 0 aromatic heterocycles. The number of anilines is 2. The van der Waals surface area contributed by atoms with Crippen LogP contribution in [0.5, 0.6) is 0 Å². The van der Waals surface area contributed by atoms with Crippen LogP contribution in [0.2, 0.25) is 5.02 Å². The summed E-state index contributed by atoms with van der Waals surface area (Å²) in [4.78, 5) is 13.9. The zero-order valence-corrected chi connectivity index (χ0v) is 26.7. The van der Waals surface area contributed by atoms with Crippen molar-refractivity contribution in [1.29, 1.82) is 0 Å². The third-order valence-corrected chi connectivity index (χ3v) is 11.5. The molecule has 1 N–H and O–H groups in total. The molecule has 5 rings (SSSR count). The molecular weight excluding hydrogens is 618 g/mol. The Balaban J connectivity index is 1.45. The van der Waals surface area contributed by atoms with Crippen LogP contribution >= 0.6 is 11.6 Å². The Hall–Kier alpha value is -3.70. The fourth-order valence-corrected chi connectivity index (χ4v) is 8.23. The third kappa shape index (κ3) is 7.15. The Morgan fingerprint density at radius 2 is 1.36 bits per heavy atom. The number of halogens is 1. The number of carbonyl (C=O) groups excluding carboxylic acids is 1. The summed E-state index contributed by atoms with van der Waals surface area (Å²) < 4.78 is 57.2. The molecule has 0 unspecified atom stereocenters. The van der Waals surface area contributed by atoms with Crippen LogP contribution in [0.25, 0.3) is 0 Å². The van der Waals surface area contributed by atoms with Crippen molar-refractivity contribution < 1.29 is 21.6 Å². The average molecular weight is 652 g/mol. The molecule has 11 heteroatoms. The average Bonchev–Trinajstić information content (AvgIpc) is 3.32. The lowest BCUT2D eigenvalue weighted by Gasteiger charge is -2.27. The highest BCUT2D eigenvalue weighted by Crippen LogP contribution is 2.31. The van der Waals surface area contributed by atoms with Gasteiger partial charge in [0.1, 0.15) is 0 Å². The zero-order valence-electron chi connectivity index (χ0n) is 24.3. The first-order valence-corrected chi connectivity index (χ1v) is 17.7. The number of carbonyl (C=O) groups is 1. The second-order valence-electron chi connectivity index (χ2n) is 10.8. The van der Waals surface area contributed by atoms with E-state index in [0.29, 0.717) is 29.4 Å². The number of amides is 1. The minimum Gasteiger partial charge on any atom is -0.322 e. The summed E-state index contributed by atoms with van der Waals surface area (Å²) in [5, 5.41) is 3.33. The van der Waals surface area contributed by atoms with E-state index in [-0.39, 0.29) is 27.6 Å². The number of hydrogen-bond donors (Lipinski definition) is 1. The molecule has 0 radical (unpaired) electrons. The molecule has 230 valence electrons. The van der Waals surface area contributed by atoms with E-state index in [9.17, 15) is 21.6 Å². The molecule has 1 saturated heterocycles. The van der Waals surface area contributed by atoms with Crippen LogP contribution in [-0.4, -0.2) is 40.1 Å². The number of nitrogens with zero attached hydrogens (tertiary/aromatic N) is 2. The van der Waals surface area contributed by atoms with Gasteiger partial charge >= 0.3 is 0 Å². The van der Waals surface area contributed by atoms with Gasteiger partial charge in [-0.2, -0.15) is 4.31 Å². The van der Waals surface area contributed by atoms with Gasteiger partial charge in [0.05, 0.1) is 27.6 Å². The first-order chi connectivity index (χ1) is 21.1. The van der Waals surface area contributed by atoms with Crippen molar-refractivity contribution in [2.24, 2.45) is 0 Å². The Kier molecular flexibility index (Phi) is 9.75. The van der Waals surface area contributed by atoms with E-state index in [1.165, 1.54) is 20.7 Å². The Morgan fingerprint density at radius 1 is 0.773 bits per heavy atom.